The molecule has 0 unspecified atom stereocenters. The van der Waals surface area contributed by atoms with E-state index in [9.17, 15) is 0 Å². The van der Waals surface area contributed by atoms with Crippen LogP contribution in [0.15, 0.2) is 0 Å². The first kappa shape index (κ1) is 21.1. The Morgan fingerprint density at radius 2 is 1.00 bits per heavy atom. The van der Waals surface area contributed by atoms with E-state index in [0.717, 1.165) is 21.8 Å². The van der Waals surface area contributed by atoms with E-state index in [4.69, 9.17) is 9.78 Å². The van der Waals surface area contributed by atoms with Crippen molar-refractivity contribution in [1.29, 1.82) is 0 Å². The predicted octanol–water partition coefficient (Wildman–Crippen LogP) is 2.96. The molecule has 0 aliphatic carbocycles. The first-order valence-corrected chi connectivity index (χ1v) is 10.3. The van der Waals surface area contributed by atoms with Crippen LogP contribution in [-0.4, -0.2) is 13.2 Å². The van der Waals surface area contributed by atoms with Gasteiger partial charge in [0, 0.05) is 0 Å². The maximum atomic E-state index is 5.12. The average molecular weight is 806 g/mol. The van der Waals surface area contributed by atoms with Gasteiger partial charge in [-0.2, -0.15) is 0 Å². The molecule has 0 bridgehead atoms. The van der Waals surface area contributed by atoms with E-state index in [1.165, 1.54) is 25.7 Å². The zero-order chi connectivity index (χ0) is 12.2. The topological polar surface area (TPSA) is 18.5 Å². The quantitative estimate of drug-likeness (QED) is 0.182. The van der Waals surface area contributed by atoms with E-state index in [2.05, 4.69) is 147 Å². The van der Waals surface area contributed by atoms with Gasteiger partial charge in [-0.25, -0.2) is 0 Å². The van der Waals surface area contributed by atoms with E-state index in [0.29, 0.717) is 0 Å². The van der Waals surface area contributed by atoms with Crippen molar-refractivity contribution in [3.8, 4) is 0 Å². The Morgan fingerprint density at radius 1 is 0.625 bits per heavy atom. The Morgan fingerprint density at radius 3 is 1.31 bits per heavy atom. The Bertz CT molecular complexity index is 129. The molecule has 0 aromatic carbocycles. The molecular formula is C10H18O2Tb4. The van der Waals surface area contributed by atoms with E-state index in [1.807, 2.05) is 0 Å². The average Bonchev–Trinajstić information content (AvgIpc) is 2.20. The molecule has 0 amide bonds. The van der Waals surface area contributed by atoms with Gasteiger partial charge in [-0.1, -0.05) is 0 Å². The summed E-state index contributed by atoms with van der Waals surface area (Å²) in [7, 11) is 0. The molecule has 0 aliphatic rings. The summed E-state index contributed by atoms with van der Waals surface area (Å²) in [5, 5.41) is 0. The van der Waals surface area contributed by atoms with Gasteiger partial charge in [-0.15, -0.1) is 0 Å². The van der Waals surface area contributed by atoms with Crippen molar-refractivity contribution in [2.24, 2.45) is 0 Å². The van der Waals surface area contributed by atoms with Gasteiger partial charge in [-0.3, -0.25) is 0 Å². The summed E-state index contributed by atoms with van der Waals surface area (Å²) < 4.78 is 1.61. The second kappa shape index (κ2) is 16.4. The summed E-state index contributed by atoms with van der Waals surface area (Å²) in [5.41, 5.74) is 0. The Kier molecular flexibility index (Phi) is 21.6. The third-order valence-corrected chi connectivity index (χ3v) is 4.30. The molecule has 0 radical (unpaired) electrons. The predicted molar refractivity (Wildman–Crippen MR) is 47.1 cm³/mol. The molecule has 106 valence electrons. The molecule has 0 aliphatic heterocycles. The van der Waals surface area contributed by atoms with Crippen LogP contribution in [0.4, 0.5) is 0 Å². The number of hydrogen-bond acceptors (Lipinski definition) is 2. The second-order valence-corrected chi connectivity index (χ2v) is 13.7. The van der Waals surface area contributed by atoms with Gasteiger partial charge < -0.3 is 0 Å². The van der Waals surface area contributed by atoms with Crippen LogP contribution in [0.5, 0.6) is 0 Å². The summed E-state index contributed by atoms with van der Waals surface area (Å²) in [6, 6.07) is 0. The first-order valence-electron chi connectivity index (χ1n) is 5.33. The fraction of sp³-hybridized carbons (Fsp3) is 1.00. The Balaban J connectivity index is 2.93. The molecule has 6 heteroatoms. The monoisotopic (exact) mass is 806 g/mol. The molecule has 0 fully saturated rings. The second-order valence-electron chi connectivity index (χ2n) is 3.31. The minimum atomic E-state index is 0.747. The van der Waals surface area contributed by atoms with Crippen molar-refractivity contribution < 1.29 is 156 Å². The normalized spacial score (nSPS) is 11.9. The van der Waals surface area contributed by atoms with Gasteiger partial charge in [0.05, 0.1) is 0 Å². The van der Waals surface area contributed by atoms with Crippen LogP contribution >= 0.6 is 0 Å². The van der Waals surface area contributed by atoms with E-state index in [-0.39, 0.29) is 0 Å². The van der Waals surface area contributed by atoms with Crippen molar-refractivity contribution >= 4 is 0 Å². The van der Waals surface area contributed by atoms with Crippen molar-refractivity contribution in [2.75, 3.05) is 13.2 Å². The zero-order valence-corrected chi connectivity index (χ0v) is 17.5. The minimum absolute atomic E-state index is 0.747. The molecule has 0 saturated heterocycles. The van der Waals surface area contributed by atoms with Gasteiger partial charge in [0.25, 0.3) is 0 Å². The van der Waals surface area contributed by atoms with Crippen LogP contribution in [0.25, 0.3) is 0 Å². The summed E-state index contributed by atoms with van der Waals surface area (Å²) in [6.07, 6.45) is 7.30. The van der Waals surface area contributed by atoms with E-state index in [1.54, 1.807) is 0 Å². The van der Waals surface area contributed by atoms with E-state index >= 15 is 0 Å². The third kappa shape index (κ3) is 19.1. The van der Waals surface area contributed by atoms with Gasteiger partial charge in [0.2, 0.25) is 0 Å². The Labute approximate surface area is 198 Å². The van der Waals surface area contributed by atoms with Gasteiger partial charge >= 0.3 is 204 Å². The third-order valence-electron chi connectivity index (χ3n) is 1.83. The summed E-state index contributed by atoms with van der Waals surface area (Å²) in [5.74, 6) is 0. The summed E-state index contributed by atoms with van der Waals surface area (Å²) >= 11 is 9.02. The standard InChI is InChI=1S/C10H18O2.4Tb/c1-3-5-7-9-11-12-10-8-6-4-2;;;;/h1-2H,3-10H2;;;;. The van der Waals surface area contributed by atoms with Crippen molar-refractivity contribution in [3.63, 3.8) is 0 Å². The van der Waals surface area contributed by atoms with Crippen LogP contribution in [0.1, 0.15) is 38.5 Å². The van der Waals surface area contributed by atoms with Crippen LogP contribution < -0.4 is 0 Å². The van der Waals surface area contributed by atoms with Crippen LogP contribution in [0.2, 0.25) is -4.28 Å². The number of hydrogen-bond donors (Lipinski definition) is 0. The van der Waals surface area contributed by atoms with Crippen LogP contribution in [0.3, 0.4) is 0 Å². The maximum absolute atomic E-state index is 5.12. The van der Waals surface area contributed by atoms with Crippen molar-refractivity contribution in [2.45, 2.75) is 34.2 Å². The molecule has 16 heavy (non-hydrogen) atoms. The van der Waals surface area contributed by atoms with Crippen molar-refractivity contribution in [3.05, 3.63) is 0 Å². The van der Waals surface area contributed by atoms with Gasteiger partial charge in [-0.05, 0) is 0 Å². The Hall–Kier alpha value is 5.06. The number of unbranched alkanes of at least 4 members (excludes halogenated alkanes) is 2. The molecule has 0 aromatic heterocycles. The molecule has 0 saturated carbocycles. The molecule has 0 rings (SSSR count). The van der Waals surface area contributed by atoms with Gasteiger partial charge in [0.1, 0.15) is 0 Å². The molecular weight excluding hydrogens is 788 g/mol. The molecule has 0 atom stereocenters. The zero-order valence-electron chi connectivity index (χ0n) is 8.96. The molecule has 0 N–H and O–H groups in total. The summed E-state index contributed by atoms with van der Waals surface area (Å²) in [6.45, 7) is 1.49. The van der Waals surface area contributed by atoms with Crippen LogP contribution in [0, 0.1) is 147 Å². The molecule has 0 heterocycles. The molecule has 0 spiro atoms. The SMILES string of the molecule is [Tb][CH]([Tb])CCCCOOCCCC[CH]([Tb])[Tb]. The fourth-order valence-electron chi connectivity index (χ4n) is 1.00. The van der Waals surface area contributed by atoms with E-state index < -0.39 is 0 Å². The molecule has 2 nitrogen and oxygen atoms in total. The summed E-state index contributed by atoms with van der Waals surface area (Å²) in [4.78, 5) is 10.2. The van der Waals surface area contributed by atoms with Crippen LogP contribution in [-0.2, 0) is 9.78 Å². The van der Waals surface area contributed by atoms with Gasteiger partial charge in [0.15, 0.2) is 0 Å². The first-order chi connectivity index (χ1) is 7.63. The molecule has 0 aromatic rings. The number of rotatable bonds is 11. The fourth-order valence-corrected chi connectivity index (χ4v) is 2.75. The van der Waals surface area contributed by atoms with Crippen molar-refractivity contribution in [1.82, 2.24) is 0 Å².